The minimum absolute atomic E-state index is 0.529. The summed E-state index contributed by atoms with van der Waals surface area (Å²) in [5, 5.41) is 6.40. The maximum Gasteiger partial charge on any atom is 0.227 e. The van der Waals surface area contributed by atoms with Gasteiger partial charge < -0.3 is 10.6 Å². The average Bonchev–Trinajstić information content (AvgIpc) is 2.56. The van der Waals surface area contributed by atoms with E-state index >= 15 is 0 Å². The summed E-state index contributed by atoms with van der Waals surface area (Å²) in [6.07, 6.45) is 2.66. The number of aryl methyl sites for hydroxylation is 2. The molecule has 4 heteroatoms. The van der Waals surface area contributed by atoms with Crippen molar-refractivity contribution >= 4 is 22.9 Å². The molecule has 0 saturated heterocycles. The summed E-state index contributed by atoms with van der Waals surface area (Å²) < 4.78 is 0. The Kier molecular flexibility index (Phi) is 4.29. The van der Waals surface area contributed by atoms with Gasteiger partial charge in [-0.3, -0.25) is 9.59 Å². The molecule has 0 saturated carbocycles. The number of carbonyl (C=O) groups excluding carboxylic acids is 2. The summed E-state index contributed by atoms with van der Waals surface area (Å²) in [5.41, 5.74) is 5.15. The van der Waals surface area contributed by atoms with Crippen LogP contribution in [0.4, 0.5) is 11.4 Å². The second-order valence-electron chi connectivity index (χ2n) is 5.83. The Morgan fingerprint density at radius 3 is 1.25 bits per heavy atom. The van der Waals surface area contributed by atoms with Gasteiger partial charge in [-0.05, 0) is 38.1 Å². The smallest absolute Gasteiger partial charge is 0.227 e. The van der Waals surface area contributed by atoms with Gasteiger partial charge in [-0.1, -0.05) is 35.4 Å². The van der Waals surface area contributed by atoms with Gasteiger partial charge in [-0.2, -0.15) is 0 Å². The molecule has 0 spiro atoms. The van der Waals surface area contributed by atoms with Gasteiger partial charge in [0.25, 0.3) is 0 Å². The fraction of sp³-hybridized carbons (Fsp3) is 0.100. The second kappa shape index (κ2) is 6.54. The molecule has 2 aromatic carbocycles. The molecule has 0 fully saturated rings. The molecular formula is C20H18N2O2. The standard InChI is InChI=1S/C20H18N2O2/c1-13-3-7-15(8-4-13)21-17-11-19(23)20(24)12-18(17)22-16-9-5-14(2)6-10-16/h3-12,21-22H,1-2H3. The van der Waals surface area contributed by atoms with E-state index in [1.807, 2.05) is 62.4 Å². The number of allylic oxidation sites excluding steroid dienone is 2. The summed E-state index contributed by atoms with van der Waals surface area (Å²) in [5.74, 6) is -1.06. The van der Waals surface area contributed by atoms with Crippen molar-refractivity contribution in [3.63, 3.8) is 0 Å². The highest BCUT2D eigenvalue weighted by Gasteiger charge is 2.20. The fourth-order valence-electron chi connectivity index (χ4n) is 2.35. The van der Waals surface area contributed by atoms with E-state index in [9.17, 15) is 9.59 Å². The van der Waals surface area contributed by atoms with Crippen molar-refractivity contribution in [2.75, 3.05) is 10.6 Å². The molecule has 3 rings (SSSR count). The lowest BCUT2D eigenvalue weighted by Gasteiger charge is -2.19. The molecule has 0 heterocycles. The molecule has 24 heavy (non-hydrogen) atoms. The van der Waals surface area contributed by atoms with Crippen LogP contribution in [-0.2, 0) is 9.59 Å². The molecule has 0 aliphatic heterocycles. The first-order valence-electron chi connectivity index (χ1n) is 7.71. The first-order valence-corrected chi connectivity index (χ1v) is 7.71. The molecule has 1 aliphatic carbocycles. The van der Waals surface area contributed by atoms with E-state index in [0.29, 0.717) is 11.4 Å². The van der Waals surface area contributed by atoms with E-state index in [1.165, 1.54) is 12.2 Å². The second-order valence-corrected chi connectivity index (χ2v) is 5.83. The molecule has 0 bridgehead atoms. The van der Waals surface area contributed by atoms with Gasteiger partial charge in [0.1, 0.15) is 0 Å². The summed E-state index contributed by atoms with van der Waals surface area (Å²) >= 11 is 0. The monoisotopic (exact) mass is 318 g/mol. The van der Waals surface area contributed by atoms with Crippen LogP contribution in [0, 0.1) is 13.8 Å². The first kappa shape index (κ1) is 15.7. The zero-order chi connectivity index (χ0) is 17.1. The number of rotatable bonds is 4. The zero-order valence-corrected chi connectivity index (χ0v) is 13.6. The predicted molar refractivity (Wildman–Crippen MR) is 95.8 cm³/mol. The molecule has 2 N–H and O–H groups in total. The summed E-state index contributed by atoms with van der Waals surface area (Å²) in [6.45, 7) is 4.02. The molecule has 2 aromatic rings. The van der Waals surface area contributed by atoms with E-state index in [2.05, 4.69) is 10.6 Å². The van der Waals surface area contributed by atoms with E-state index < -0.39 is 11.6 Å². The number of hydrogen-bond donors (Lipinski definition) is 2. The van der Waals surface area contributed by atoms with Gasteiger partial charge in [0.2, 0.25) is 11.6 Å². The molecule has 0 unspecified atom stereocenters. The van der Waals surface area contributed by atoms with Gasteiger partial charge in [0.05, 0.1) is 11.4 Å². The number of benzene rings is 2. The van der Waals surface area contributed by atoms with Crippen LogP contribution in [0.15, 0.2) is 72.1 Å². The minimum Gasteiger partial charge on any atom is -0.354 e. The molecule has 0 amide bonds. The maximum absolute atomic E-state index is 11.8. The van der Waals surface area contributed by atoms with Gasteiger partial charge in [0.15, 0.2) is 0 Å². The average molecular weight is 318 g/mol. The van der Waals surface area contributed by atoms with Crippen molar-refractivity contribution in [3.8, 4) is 0 Å². The summed E-state index contributed by atoms with van der Waals surface area (Å²) in [7, 11) is 0. The molecule has 1 aliphatic rings. The Bertz CT molecular complexity index is 771. The van der Waals surface area contributed by atoms with Crippen molar-refractivity contribution < 1.29 is 9.59 Å². The summed E-state index contributed by atoms with van der Waals surface area (Å²) in [6, 6.07) is 15.7. The highest BCUT2D eigenvalue weighted by atomic mass is 16.2. The molecule has 4 nitrogen and oxygen atoms in total. The van der Waals surface area contributed by atoms with Crippen LogP contribution in [-0.4, -0.2) is 11.6 Å². The SMILES string of the molecule is Cc1ccc(NC2=CC(=O)C(=O)C=C2Nc2ccc(C)cc2)cc1. The van der Waals surface area contributed by atoms with Crippen molar-refractivity contribution in [2.24, 2.45) is 0 Å². The van der Waals surface area contributed by atoms with Crippen LogP contribution in [0.1, 0.15) is 11.1 Å². The van der Waals surface area contributed by atoms with Crippen LogP contribution < -0.4 is 10.6 Å². The third-order valence-electron chi connectivity index (χ3n) is 3.75. The van der Waals surface area contributed by atoms with Gasteiger partial charge >= 0.3 is 0 Å². The lowest BCUT2D eigenvalue weighted by atomic mass is 10.1. The number of ketones is 2. The lowest BCUT2D eigenvalue weighted by Crippen LogP contribution is -2.21. The van der Waals surface area contributed by atoms with E-state index in [4.69, 9.17) is 0 Å². The van der Waals surface area contributed by atoms with Crippen molar-refractivity contribution in [3.05, 3.63) is 83.2 Å². The quantitative estimate of drug-likeness (QED) is 0.666. The highest BCUT2D eigenvalue weighted by Crippen LogP contribution is 2.22. The van der Waals surface area contributed by atoms with Crippen LogP contribution >= 0.6 is 0 Å². The first-order chi connectivity index (χ1) is 11.5. The van der Waals surface area contributed by atoms with Gasteiger partial charge in [-0.15, -0.1) is 0 Å². The normalized spacial score (nSPS) is 14.1. The largest absolute Gasteiger partial charge is 0.354 e. The number of hydrogen-bond acceptors (Lipinski definition) is 4. The highest BCUT2D eigenvalue weighted by molar-refractivity contribution is 6.47. The van der Waals surface area contributed by atoms with E-state index in [1.54, 1.807) is 0 Å². The molecule has 120 valence electrons. The molecule has 0 aromatic heterocycles. The molecular weight excluding hydrogens is 300 g/mol. The van der Waals surface area contributed by atoms with Crippen molar-refractivity contribution in [1.82, 2.24) is 0 Å². The third kappa shape index (κ3) is 3.60. The predicted octanol–water partition coefficient (Wildman–Crippen LogP) is 3.75. The van der Waals surface area contributed by atoms with Crippen molar-refractivity contribution in [1.29, 1.82) is 0 Å². The number of anilines is 2. The fourth-order valence-corrected chi connectivity index (χ4v) is 2.35. The Hall–Kier alpha value is -3.14. The topological polar surface area (TPSA) is 58.2 Å². The minimum atomic E-state index is -0.529. The number of carbonyl (C=O) groups is 2. The Morgan fingerprint density at radius 1 is 0.583 bits per heavy atom. The Labute approximate surface area is 140 Å². The van der Waals surface area contributed by atoms with E-state index in [0.717, 1.165) is 22.5 Å². The Balaban J connectivity index is 1.86. The van der Waals surface area contributed by atoms with Crippen molar-refractivity contribution in [2.45, 2.75) is 13.8 Å². The van der Waals surface area contributed by atoms with Gasteiger partial charge in [0, 0.05) is 23.5 Å². The maximum atomic E-state index is 11.8. The van der Waals surface area contributed by atoms with Gasteiger partial charge in [-0.25, -0.2) is 0 Å². The number of nitrogens with one attached hydrogen (secondary N) is 2. The lowest BCUT2D eigenvalue weighted by molar-refractivity contribution is -0.131. The van der Waals surface area contributed by atoms with Crippen LogP contribution in [0.3, 0.4) is 0 Å². The van der Waals surface area contributed by atoms with Crippen LogP contribution in [0.5, 0.6) is 0 Å². The van der Waals surface area contributed by atoms with E-state index in [-0.39, 0.29) is 0 Å². The third-order valence-corrected chi connectivity index (χ3v) is 3.75. The molecule has 0 atom stereocenters. The molecule has 0 radical (unpaired) electrons. The summed E-state index contributed by atoms with van der Waals surface area (Å²) in [4.78, 5) is 23.5. The Morgan fingerprint density at radius 2 is 0.917 bits per heavy atom. The van der Waals surface area contributed by atoms with Crippen LogP contribution in [0.2, 0.25) is 0 Å². The van der Waals surface area contributed by atoms with Crippen LogP contribution in [0.25, 0.3) is 0 Å². The zero-order valence-electron chi connectivity index (χ0n) is 13.6.